The topological polar surface area (TPSA) is 8.17 Å². The number of benzene rings is 9. The molecule has 1 aromatic heterocycles. The molecule has 9 aromatic carbocycles. The first kappa shape index (κ1) is 35.4. The van der Waals surface area contributed by atoms with Gasteiger partial charge >= 0.3 is 0 Å². The molecule has 5 aliphatic carbocycles. The van der Waals surface area contributed by atoms with Gasteiger partial charge in [-0.25, -0.2) is 0 Å². The third-order valence-corrected chi connectivity index (χ3v) is 15.9. The molecule has 0 amide bonds. The van der Waals surface area contributed by atoms with Gasteiger partial charge in [0.1, 0.15) is 0 Å². The van der Waals surface area contributed by atoms with Crippen molar-refractivity contribution in [2.75, 3.05) is 4.90 Å². The largest absolute Gasteiger partial charge is 0.310 e. The lowest BCUT2D eigenvalue weighted by Gasteiger charge is -2.44. The molecule has 5 aliphatic rings. The molecule has 63 heavy (non-hydrogen) atoms. The van der Waals surface area contributed by atoms with E-state index in [0.717, 1.165) is 11.8 Å². The van der Waals surface area contributed by atoms with Gasteiger partial charge in [0.15, 0.2) is 0 Å². The van der Waals surface area contributed by atoms with E-state index in [1.54, 1.807) is 11.1 Å². The molecule has 15 rings (SSSR count). The van der Waals surface area contributed by atoms with Crippen molar-refractivity contribution in [1.82, 2.24) is 4.57 Å². The lowest BCUT2D eigenvalue weighted by atomic mass is 9.59. The molecule has 300 valence electrons. The molecule has 4 fully saturated rings. The van der Waals surface area contributed by atoms with Gasteiger partial charge in [0, 0.05) is 38.9 Å². The van der Waals surface area contributed by atoms with Gasteiger partial charge in [-0.3, -0.25) is 0 Å². The predicted octanol–water partition coefficient (Wildman–Crippen LogP) is 16.1. The number of nitrogens with zero attached hydrogens (tertiary/aromatic N) is 2. The summed E-state index contributed by atoms with van der Waals surface area (Å²) in [6.07, 6.45) is 5.47. The Morgan fingerprint density at radius 1 is 0.413 bits per heavy atom. The second-order valence-corrected chi connectivity index (χ2v) is 18.9. The van der Waals surface area contributed by atoms with Gasteiger partial charge in [0.2, 0.25) is 0 Å². The Labute approximate surface area is 368 Å². The SMILES string of the molecule is c1ccc(-c2cccc(N(c3ccc4c(c3)C3(c5cc(-c6ccc(-n7c8ccccc8c8ccccc87)cc6)ccc5-4)C4CC5CC(C4)C3C5)c3ccc4ccccc4c3)c2)cc1. The number of fused-ring (bicyclic) bond motifs is 7. The smallest absolute Gasteiger partial charge is 0.0541 e. The first-order valence-corrected chi connectivity index (χ1v) is 23.0. The van der Waals surface area contributed by atoms with Crippen LogP contribution < -0.4 is 4.90 Å². The average Bonchev–Trinajstić information content (AvgIpc) is 4.01. The van der Waals surface area contributed by atoms with E-state index in [1.807, 2.05) is 0 Å². The van der Waals surface area contributed by atoms with Crippen LogP contribution in [0.15, 0.2) is 206 Å². The van der Waals surface area contributed by atoms with Crippen LogP contribution in [0.25, 0.3) is 71.6 Å². The van der Waals surface area contributed by atoms with Gasteiger partial charge in [-0.05, 0) is 171 Å². The van der Waals surface area contributed by atoms with E-state index in [0.29, 0.717) is 11.8 Å². The van der Waals surface area contributed by atoms with E-state index in [-0.39, 0.29) is 5.41 Å². The standard InChI is InChI=1S/C61H46N2/c1-2-11-40(12-3-1)44-15-10-16-49(35-44)62(50-27-23-41-13-4-5-14-43(41)36-50)51-28-30-53-52-29-24-45(37-57(52)61(58(53)38-51)47-32-39-31-46(34-47)56(61)33-39)42-21-25-48(26-22-42)63-59-19-8-6-17-54(59)55-18-7-9-20-60(55)63/h1-30,35-39,46-47,56H,31-34H2. The Kier molecular flexibility index (Phi) is 7.55. The van der Waals surface area contributed by atoms with Crippen LogP contribution in [0.1, 0.15) is 36.8 Å². The molecule has 0 aliphatic heterocycles. The van der Waals surface area contributed by atoms with E-state index in [4.69, 9.17) is 0 Å². The van der Waals surface area contributed by atoms with Crippen LogP contribution in [0.2, 0.25) is 0 Å². The summed E-state index contributed by atoms with van der Waals surface area (Å²) in [4.78, 5) is 2.52. The van der Waals surface area contributed by atoms with Crippen LogP contribution in [0.5, 0.6) is 0 Å². The average molecular weight is 807 g/mol. The van der Waals surface area contributed by atoms with E-state index in [9.17, 15) is 0 Å². The van der Waals surface area contributed by atoms with Gasteiger partial charge in [-0.2, -0.15) is 0 Å². The molecule has 0 radical (unpaired) electrons. The quantitative estimate of drug-likeness (QED) is 0.162. The number of rotatable bonds is 6. The fourth-order valence-corrected chi connectivity index (χ4v) is 13.5. The number of anilines is 3. The maximum atomic E-state index is 2.63. The highest BCUT2D eigenvalue weighted by molar-refractivity contribution is 6.09. The lowest BCUT2D eigenvalue weighted by Crippen LogP contribution is -2.40. The van der Waals surface area contributed by atoms with Gasteiger partial charge in [-0.1, -0.05) is 140 Å². The van der Waals surface area contributed by atoms with E-state index in [2.05, 4.69) is 216 Å². The zero-order chi connectivity index (χ0) is 41.2. The summed E-state index contributed by atoms with van der Waals surface area (Å²) in [5.74, 6) is 3.04. The highest BCUT2D eigenvalue weighted by atomic mass is 15.1. The molecule has 2 heteroatoms. The predicted molar refractivity (Wildman–Crippen MR) is 262 cm³/mol. The van der Waals surface area contributed by atoms with Crippen molar-refractivity contribution in [3.8, 4) is 39.1 Å². The van der Waals surface area contributed by atoms with Crippen molar-refractivity contribution in [3.05, 3.63) is 217 Å². The van der Waals surface area contributed by atoms with Crippen LogP contribution in [-0.2, 0) is 5.41 Å². The van der Waals surface area contributed by atoms with Gasteiger partial charge in [0.25, 0.3) is 0 Å². The van der Waals surface area contributed by atoms with Crippen molar-refractivity contribution in [2.24, 2.45) is 23.7 Å². The second-order valence-electron chi connectivity index (χ2n) is 18.9. The maximum absolute atomic E-state index is 2.63. The van der Waals surface area contributed by atoms with Gasteiger partial charge in [-0.15, -0.1) is 0 Å². The normalized spacial score (nSPS) is 21.5. The Morgan fingerprint density at radius 3 is 1.81 bits per heavy atom. The summed E-state index contributed by atoms with van der Waals surface area (Å²) in [6, 6.07) is 77.6. The molecule has 5 atom stereocenters. The number of hydrogen-bond donors (Lipinski definition) is 0. The van der Waals surface area contributed by atoms with Gasteiger partial charge < -0.3 is 9.47 Å². The molecule has 1 spiro atoms. The minimum absolute atomic E-state index is 0.0260. The first-order chi connectivity index (χ1) is 31.2. The summed E-state index contributed by atoms with van der Waals surface area (Å²) in [6.45, 7) is 0. The first-order valence-electron chi connectivity index (χ1n) is 23.0. The second kappa shape index (κ2) is 13.4. The Bertz CT molecular complexity index is 3390. The molecule has 2 nitrogen and oxygen atoms in total. The minimum Gasteiger partial charge on any atom is -0.310 e. The molecular weight excluding hydrogens is 761 g/mol. The van der Waals surface area contributed by atoms with E-state index < -0.39 is 0 Å². The third-order valence-electron chi connectivity index (χ3n) is 15.9. The Balaban J connectivity index is 0.913. The van der Waals surface area contributed by atoms with Crippen molar-refractivity contribution < 1.29 is 0 Å². The monoisotopic (exact) mass is 806 g/mol. The molecular formula is C61H46N2. The number of aromatic nitrogens is 1. The van der Waals surface area contributed by atoms with E-state index in [1.165, 1.54) is 114 Å². The molecule has 4 saturated carbocycles. The van der Waals surface area contributed by atoms with Crippen LogP contribution >= 0.6 is 0 Å². The molecule has 1 heterocycles. The molecule has 10 aromatic rings. The summed E-state index contributed by atoms with van der Waals surface area (Å²) < 4.78 is 2.42. The van der Waals surface area contributed by atoms with Crippen molar-refractivity contribution in [2.45, 2.75) is 31.1 Å². The van der Waals surface area contributed by atoms with Crippen LogP contribution in [0.3, 0.4) is 0 Å². The highest BCUT2D eigenvalue weighted by Gasteiger charge is 2.66. The summed E-state index contributed by atoms with van der Waals surface area (Å²) in [5, 5.41) is 5.11. The van der Waals surface area contributed by atoms with E-state index >= 15 is 0 Å². The maximum Gasteiger partial charge on any atom is 0.0541 e. The molecule has 0 N–H and O–H groups in total. The lowest BCUT2D eigenvalue weighted by molar-refractivity contribution is 0.191. The Hall–Kier alpha value is -7.16. The third kappa shape index (κ3) is 5.13. The van der Waals surface area contributed by atoms with Gasteiger partial charge in [0.05, 0.1) is 11.0 Å². The Morgan fingerprint density at radius 2 is 1.02 bits per heavy atom. The summed E-state index contributed by atoms with van der Waals surface area (Å²) in [5.41, 5.74) is 18.4. The van der Waals surface area contributed by atoms with Crippen molar-refractivity contribution >= 4 is 49.6 Å². The summed E-state index contributed by atoms with van der Waals surface area (Å²) >= 11 is 0. The van der Waals surface area contributed by atoms with Crippen LogP contribution in [0.4, 0.5) is 17.1 Å². The zero-order valence-corrected chi connectivity index (χ0v) is 35.2. The zero-order valence-electron chi connectivity index (χ0n) is 35.2. The number of para-hydroxylation sites is 2. The minimum atomic E-state index is 0.0260. The molecule has 4 bridgehead atoms. The highest BCUT2D eigenvalue weighted by Crippen LogP contribution is 2.73. The summed E-state index contributed by atoms with van der Waals surface area (Å²) in [7, 11) is 0. The van der Waals surface area contributed by atoms with Crippen molar-refractivity contribution in [3.63, 3.8) is 0 Å². The molecule has 0 saturated heterocycles. The fraction of sp³-hybridized carbons (Fsp3) is 0.148. The van der Waals surface area contributed by atoms with Crippen LogP contribution in [0, 0.1) is 23.7 Å². The van der Waals surface area contributed by atoms with Crippen molar-refractivity contribution in [1.29, 1.82) is 0 Å². The van der Waals surface area contributed by atoms with Crippen LogP contribution in [-0.4, -0.2) is 4.57 Å². The fourth-order valence-electron chi connectivity index (χ4n) is 13.5. The molecule has 5 unspecified atom stereocenters. The number of hydrogen-bond acceptors (Lipinski definition) is 1.